The minimum Gasteiger partial charge on any atom is -0.370 e. The summed E-state index contributed by atoms with van der Waals surface area (Å²) >= 11 is 5.31. The predicted octanol–water partition coefficient (Wildman–Crippen LogP) is 3.67. The molecular formula is C18H19BrN4OS. The van der Waals surface area contributed by atoms with Crippen molar-refractivity contribution >= 4 is 38.8 Å². The predicted molar refractivity (Wildman–Crippen MR) is 103 cm³/mol. The second kappa shape index (κ2) is 6.90. The number of hydrogen-bond donors (Lipinski definition) is 1. The zero-order chi connectivity index (χ0) is 17.4. The van der Waals surface area contributed by atoms with E-state index in [1.165, 1.54) is 9.75 Å². The van der Waals surface area contributed by atoms with Gasteiger partial charge in [-0.3, -0.25) is 14.1 Å². The molecule has 0 saturated carbocycles. The highest BCUT2D eigenvalue weighted by atomic mass is 79.9. The Labute approximate surface area is 158 Å². The van der Waals surface area contributed by atoms with E-state index in [4.69, 9.17) is 5.73 Å². The zero-order valence-electron chi connectivity index (χ0n) is 13.7. The van der Waals surface area contributed by atoms with Crippen LogP contribution >= 0.6 is 27.3 Å². The molecule has 0 aliphatic carbocycles. The van der Waals surface area contributed by atoms with Gasteiger partial charge in [0, 0.05) is 34.6 Å². The van der Waals surface area contributed by atoms with Crippen molar-refractivity contribution in [3.63, 3.8) is 0 Å². The number of rotatable bonds is 5. The fourth-order valence-corrected chi connectivity index (χ4v) is 4.88. The van der Waals surface area contributed by atoms with Gasteiger partial charge in [-0.15, -0.1) is 11.3 Å². The Morgan fingerprint density at radius 3 is 3.08 bits per heavy atom. The summed E-state index contributed by atoms with van der Waals surface area (Å²) in [6.45, 7) is 1.91. The number of likely N-dealkylation sites (tertiary alicyclic amines) is 1. The molecule has 0 radical (unpaired) electrons. The number of nitrogens with zero attached hydrogens (tertiary/aromatic N) is 3. The molecular weight excluding hydrogens is 400 g/mol. The molecule has 25 heavy (non-hydrogen) atoms. The maximum Gasteiger partial charge on any atom is 0.218 e. The summed E-state index contributed by atoms with van der Waals surface area (Å²) < 4.78 is 3.13. The van der Waals surface area contributed by atoms with Crippen molar-refractivity contribution in [1.82, 2.24) is 14.3 Å². The van der Waals surface area contributed by atoms with Crippen LogP contribution in [0.5, 0.6) is 0 Å². The third-order valence-electron chi connectivity index (χ3n) is 4.68. The molecule has 130 valence electrons. The molecule has 4 rings (SSSR count). The normalized spacial score (nSPS) is 18.2. The van der Waals surface area contributed by atoms with Crippen molar-refractivity contribution < 1.29 is 4.79 Å². The lowest BCUT2D eigenvalue weighted by atomic mass is 10.1. The van der Waals surface area contributed by atoms with Gasteiger partial charge >= 0.3 is 0 Å². The number of primary amides is 1. The van der Waals surface area contributed by atoms with E-state index in [0.717, 1.165) is 41.7 Å². The molecule has 1 atom stereocenters. The number of amides is 1. The van der Waals surface area contributed by atoms with E-state index in [2.05, 4.69) is 42.3 Å². The van der Waals surface area contributed by atoms with Gasteiger partial charge in [-0.05, 0) is 59.6 Å². The van der Waals surface area contributed by atoms with Gasteiger partial charge < -0.3 is 5.73 Å². The van der Waals surface area contributed by atoms with Crippen LogP contribution in [0.15, 0.2) is 41.1 Å². The smallest absolute Gasteiger partial charge is 0.218 e. The van der Waals surface area contributed by atoms with Gasteiger partial charge in [0.1, 0.15) is 5.65 Å². The second-order valence-electron chi connectivity index (χ2n) is 6.42. The molecule has 3 aromatic heterocycles. The standard InChI is InChI=1S/C18H19BrN4OS/c19-12-3-6-18-21-9-15(23(18)10-12)16-5-4-14(25-16)11-22-7-1-2-13(22)8-17(20)24/h3-6,9-10,13H,1-2,7-8,11H2,(H2,20,24)/t13-/m0/s1. The first-order chi connectivity index (χ1) is 12.1. The fraction of sp³-hybridized carbons (Fsp3) is 0.333. The maximum atomic E-state index is 11.2. The first kappa shape index (κ1) is 16.8. The molecule has 1 aliphatic rings. The Morgan fingerprint density at radius 1 is 1.36 bits per heavy atom. The first-order valence-corrected chi connectivity index (χ1v) is 9.95. The van der Waals surface area contributed by atoms with Crippen molar-refractivity contribution in [2.45, 2.75) is 31.8 Å². The van der Waals surface area contributed by atoms with Crippen LogP contribution in [0.2, 0.25) is 0 Å². The highest BCUT2D eigenvalue weighted by Gasteiger charge is 2.26. The number of halogens is 1. The van der Waals surface area contributed by atoms with Gasteiger partial charge in [0.15, 0.2) is 0 Å². The summed E-state index contributed by atoms with van der Waals surface area (Å²) in [7, 11) is 0. The summed E-state index contributed by atoms with van der Waals surface area (Å²) in [6, 6.07) is 8.62. The number of carbonyl (C=O) groups is 1. The van der Waals surface area contributed by atoms with Crippen LogP contribution in [-0.2, 0) is 11.3 Å². The van der Waals surface area contributed by atoms with Gasteiger partial charge in [0.25, 0.3) is 0 Å². The van der Waals surface area contributed by atoms with Crippen molar-refractivity contribution in [3.05, 3.63) is 46.0 Å². The number of hydrogen-bond acceptors (Lipinski definition) is 4. The number of carbonyl (C=O) groups excluding carboxylic acids is 1. The summed E-state index contributed by atoms with van der Waals surface area (Å²) in [5.41, 5.74) is 7.42. The molecule has 0 unspecified atom stereocenters. The molecule has 1 saturated heterocycles. The van der Waals surface area contributed by atoms with E-state index >= 15 is 0 Å². The first-order valence-electron chi connectivity index (χ1n) is 8.34. The Bertz CT molecular complexity index is 919. The lowest BCUT2D eigenvalue weighted by Crippen LogP contribution is -2.32. The Morgan fingerprint density at radius 2 is 2.24 bits per heavy atom. The van der Waals surface area contributed by atoms with Crippen LogP contribution in [0.1, 0.15) is 24.1 Å². The summed E-state index contributed by atoms with van der Waals surface area (Å²) in [5.74, 6) is -0.208. The highest BCUT2D eigenvalue weighted by Crippen LogP contribution is 2.31. The lowest BCUT2D eigenvalue weighted by molar-refractivity contribution is -0.119. The molecule has 1 amide bonds. The van der Waals surface area contributed by atoms with E-state index in [0.29, 0.717) is 6.42 Å². The monoisotopic (exact) mass is 418 g/mol. The third kappa shape index (κ3) is 3.49. The average molecular weight is 419 g/mol. The lowest BCUT2D eigenvalue weighted by Gasteiger charge is -2.22. The molecule has 1 fully saturated rings. The topological polar surface area (TPSA) is 63.6 Å². The van der Waals surface area contributed by atoms with E-state index in [1.807, 2.05) is 24.5 Å². The third-order valence-corrected chi connectivity index (χ3v) is 6.24. The van der Waals surface area contributed by atoms with Crippen molar-refractivity contribution in [2.75, 3.05) is 6.54 Å². The Balaban J connectivity index is 1.55. The molecule has 0 spiro atoms. The van der Waals surface area contributed by atoms with E-state index in [-0.39, 0.29) is 11.9 Å². The molecule has 2 N–H and O–H groups in total. The number of fused-ring (bicyclic) bond motifs is 1. The number of thiophene rings is 1. The largest absolute Gasteiger partial charge is 0.370 e. The van der Waals surface area contributed by atoms with E-state index in [9.17, 15) is 4.79 Å². The number of aromatic nitrogens is 2. The molecule has 3 aromatic rings. The van der Waals surface area contributed by atoms with Crippen LogP contribution < -0.4 is 5.73 Å². The van der Waals surface area contributed by atoms with E-state index < -0.39 is 0 Å². The molecule has 1 aliphatic heterocycles. The van der Waals surface area contributed by atoms with Crippen molar-refractivity contribution in [3.8, 4) is 10.6 Å². The summed E-state index contributed by atoms with van der Waals surface area (Å²) in [5, 5.41) is 0. The molecule has 5 nitrogen and oxygen atoms in total. The summed E-state index contributed by atoms with van der Waals surface area (Å²) in [4.78, 5) is 20.6. The van der Waals surface area contributed by atoms with Crippen LogP contribution in [0.25, 0.3) is 16.2 Å². The second-order valence-corrected chi connectivity index (χ2v) is 8.51. The Hall–Kier alpha value is -1.70. The minimum atomic E-state index is -0.208. The van der Waals surface area contributed by atoms with Crippen molar-refractivity contribution in [2.24, 2.45) is 5.73 Å². The van der Waals surface area contributed by atoms with Crippen LogP contribution in [0, 0.1) is 0 Å². The van der Waals surface area contributed by atoms with Crippen molar-refractivity contribution in [1.29, 1.82) is 0 Å². The molecule has 0 aromatic carbocycles. The fourth-order valence-electron chi connectivity index (χ4n) is 3.50. The van der Waals surface area contributed by atoms with Gasteiger partial charge in [-0.1, -0.05) is 0 Å². The Kier molecular flexibility index (Phi) is 4.62. The molecule has 7 heteroatoms. The van der Waals surface area contributed by atoms with Crippen LogP contribution in [0.4, 0.5) is 0 Å². The SMILES string of the molecule is NC(=O)C[C@@H]1CCCN1Cc1ccc(-c2cnc3ccc(Br)cn23)s1. The van der Waals surface area contributed by atoms with Gasteiger partial charge in [-0.2, -0.15) is 0 Å². The van der Waals surface area contributed by atoms with Crippen LogP contribution in [0.3, 0.4) is 0 Å². The number of pyridine rings is 1. The number of imidazole rings is 1. The highest BCUT2D eigenvalue weighted by molar-refractivity contribution is 9.10. The van der Waals surface area contributed by atoms with Gasteiger partial charge in [0.05, 0.1) is 16.8 Å². The molecule has 4 heterocycles. The quantitative estimate of drug-likeness (QED) is 0.687. The summed E-state index contributed by atoms with van der Waals surface area (Å²) in [6.07, 6.45) is 6.61. The van der Waals surface area contributed by atoms with Gasteiger partial charge in [-0.25, -0.2) is 4.98 Å². The van der Waals surface area contributed by atoms with Gasteiger partial charge in [0.2, 0.25) is 5.91 Å². The van der Waals surface area contributed by atoms with Crippen LogP contribution in [-0.4, -0.2) is 32.8 Å². The number of nitrogens with two attached hydrogens (primary N) is 1. The maximum absolute atomic E-state index is 11.2. The minimum absolute atomic E-state index is 0.208. The zero-order valence-corrected chi connectivity index (χ0v) is 16.1. The average Bonchev–Trinajstić information content (AvgIpc) is 3.27. The molecule has 0 bridgehead atoms. The van der Waals surface area contributed by atoms with E-state index in [1.54, 1.807) is 11.3 Å².